The molecule has 0 fully saturated rings. The second kappa shape index (κ2) is 6.82. The molecule has 0 amide bonds. The first-order chi connectivity index (χ1) is 6.51. The Morgan fingerprint density at radius 3 is 2.29 bits per heavy atom. The van der Waals surface area contributed by atoms with E-state index in [0.29, 0.717) is 18.3 Å². The second-order valence-corrected chi connectivity index (χ2v) is 4.18. The van der Waals surface area contributed by atoms with Crippen molar-refractivity contribution in [3.63, 3.8) is 0 Å². The molecule has 0 aliphatic heterocycles. The van der Waals surface area contributed by atoms with Crippen LogP contribution in [0.1, 0.15) is 40.5 Å². The Hall–Kier alpha value is -0.570. The first-order valence-electron chi connectivity index (χ1n) is 5.58. The highest BCUT2D eigenvalue weighted by Crippen LogP contribution is 2.09. The summed E-state index contributed by atoms with van der Waals surface area (Å²) in [5, 5.41) is 7.27. The van der Waals surface area contributed by atoms with Crippen molar-refractivity contribution in [3.8, 4) is 0 Å². The minimum atomic E-state index is 0.292. The summed E-state index contributed by atoms with van der Waals surface area (Å²) in [6.45, 7) is 10.9. The van der Waals surface area contributed by atoms with E-state index in [-0.39, 0.29) is 0 Å². The van der Waals surface area contributed by atoms with Crippen molar-refractivity contribution >= 4 is 5.84 Å². The number of nitrogens with zero attached hydrogens (tertiary/aromatic N) is 1. The summed E-state index contributed by atoms with van der Waals surface area (Å²) < 4.78 is 0. The lowest BCUT2D eigenvalue weighted by Crippen LogP contribution is -2.38. The van der Waals surface area contributed by atoms with Crippen molar-refractivity contribution in [2.45, 2.75) is 46.6 Å². The molecule has 3 heteroatoms. The maximum atomic E-state index is 7.27. The molecule has 2 unspecified atom stereocenters. The summed E-state index contributed by atoms with van der Waals surface area (Å²) in [5.41, 5.74) is 5.41. The molecule has 84 valence electrons. The van der Waals surface area contributed by atoms with Crippen LogP contribution in [0.5, 0.6) is 0 Å². The molecule has 0 saturated heterocycles. The van der Waals surface area contributed by atoms with Gasteiger partial charge in [-0.15, -0.1) is 0 Å². The first-order valence-corrected chi connectivity index (χ1v) is 5.58. The molecular weight excluding hydrogens is 174 g/mol. The fourth-order valence-electron chi connectivity index (χ4n) is 1.60. The summed E-state index contributed by atoms with van der Waals surface area (Å²) in [6.07, 6.45) is 1.90. The van der Waals surface area contributed by atoms with Crippen LogP contribution in [0.4, 0.5) is 0 Å². The Balaban J connectivity index is 4.04. The summed E-state index contributed by atoms with van der Waals surface area (Å²) in [7, 11) is 0. The first kappa shape index (κ1) is 13.4. The molecule has 0 aromatic rings. The predicted octanol–water partition coefficient (Wildman–Crippen LogP) is 2.07. The third kappa shape index (κ3) is 5.22. The average Bonchev–Trinajstić information content (AvgIpc) is 2.12. The summed E-state index contributed by atoms with van der Waals surface area (Å²) in [5.74, 6) is 1.02. The maximum absolute atomic E-state index is 7.27. The third-order valence-electron chi connectivity index (χ3n) is 2.79. The van der Waals surface area contributed by atoms with E-state index >= 15 is 0 Å². The van der Waals surface area contributed by atoms with Crippen molar-refractivity contribution < 1.29 is 0 Å². The van der Waals surface area contributed by atoms with Crippen molar-refractivity contribution in [2.24, 2.45) is 11.7 Å². The van der Waals surface area contributed by atoms with Crippen molar-refractivity contribution in [2.75, 3.05) is 13.1 Å². The fraction of sp³-hybridized carbons (Fsp3) is 0.909. The monoisotopic (exact) mass is 199 g/mol. The number of hydrogen-bond acceptors (Lipinski definition) is 2. The van der Waals surface area contributed by atoms with Crippen LogP contribution in [0.3, 0.4) is 0 Å². The van der Waals surface area contributed by atoms with Gasteiger partial charge in [-0.3, -0.25) is 5.41 Å². The Morgan fingerprint density at radius 2 is 1.93 bits per heavy atom. The van der Waals surface area contributed by atoms with E-state index in [0.717, 1.165) is 19.0 Å². The second-order valence-electron chi connectivity index (χ2n) is 4.18. The molecule has 0 saturated carbocycles. The van der Waals surface area contributed by atoms with Gasteiger partial charge < -0.3 is 10.6 Å². The SMILES string of the molecule is CCC(C)CN(CC)C(C)CC(=N)N. The van der Waals surface area contributed by atoms with Crippen LogP contribution in [0, 0.1) is 11.3 Å². The smallest absolute Gasteiger partial charge is 0.0920 e. The van der Waals surface area contributed by atoms with Gasteiger partial charge in [-0.05, 0) is 19.4 Å². The van der Waals surface area contributed by atoms with Gasteiger partial charge in [0, 0.05) is 19.0 Å². The van der Waals surface area contributed by atoms with E-state index in [1.165, 1.54) is 6.42 Å². The quantitative estimate of drug-likeness (QED) is 0.487. The van der Waals surface area contributed by atoms with E-state index in [1.807, 2.05) is 0 Å². The van der Waals surface area contributed by atoms with Gasteiger partial charge in [-0.25, -0.2) is 0 Å². The van der Waals surface area contributed by atoms with Crippen molar-refractivity contribution in [1.82, 2.24) is 4.90 Å². The molecule has 0 spiro atoms. The Labute approximate surface area is 88.2 Å². The Kier molecular flexibility index (Phi) is 6.54. The van der Waals surface area contributed by atoms with Crippen LogP contribution in [-0.2, 0) is 0 Å². The molecule has 2 atom stereocenters. The topological polar surface area (TPSA) is 53.1 Å². The van der Waals surface area contributed by atoms with E-state index in [4.69, 9.17) is 11.1 Å². The van der Waals surface area contributed by atoms with E-state index < -0.39 is 0 Å². The molecule has 0 rings (SSSR count). The Morgan fingerprint density at radius 1 is 1.36 bits per heavy atom. The predicted molar refractivity (Wildman–Crippen MR) is 62.7 cm³/mol. The Bertz CT molecular complexity index is 168. The van der Waals surface area contributed by atoms with Gasteiger partial charge in [0.2, 0.25) is 0 Å². The number of nitrogens with one attached hydrogen (secondary N) is 1. The van der Waals surface area contributed by atoms with Crippen LogP contribution in [0.2, 0.25) is 0 Å². The molecule has 0 aliphatic carbocycles. The third-order valence-corrected chi connectivity index (χ3v) is 2.79. The van der Waals surface area contributed by atoms with E-state index in [1.54, 1.807) is 0 Å². The highest BCUT2D eigenvalue weighted by Gasteiger charge is 2.14. The van der Waals surface area contributed by atoms with Crippen molar-refractivity contribution in [1.29, 1.82) is 5.41 Å². The lowest BCUT2D eigenvalue weighted by Gasteiger charge is -2.29. The van der Waals surface area contributed by atoms with Gasteiger partial charge in [0.05, 0.1) is 5.84 Å². The van der Waals surface area contributed by atoms with Crippen LogP contribution in [-0.4, -0.2) is 29.9 Å². The van der Waals surface area contributed by atoms with Crippen LogP contribution in [0.15, 0.2) is 0 Å². The summed E-state index contributed by atoms with van der Waals surface area (Å²) >= 11 is 0. The highest BCUT2D eigenvalue weighted by molar-refractivity contribution is 5.77. The van der Waals surface area contributed by atoms with Gasteiger partial charge in [-0.2, -0.15) is 0 Å². The molecule has 0 radical (unpaired) electrons. The largest absolute Gasteiger partial charge is 0.388 e. The standard InChI is InChI=1S/C11H25N3/c1-5-9(3)8-14(6-2)10(4)7-11(12)13/h9-10H,5-8H2,1-4H3,(H3,12,13). The molecule has 0 aliphatic rings. The molecule has 0 heterocycles. The number of hydrogen-bond donors (Lipinski definition) is 2. The lowest BCUT2D eigenvalue weighted by atomic mass is 10.1. The zero-order valence-corrected chi connectivity index (χ0v) is 10.0. The van der Waals surface area contributed by atoms with Gasteiger partial charge in [0.25, 0.3) is 0 Å². The van der Waals surface area contributed by atoms with Crippen molar-refractivity contribution in [3.05, 3.63) is 0 Å². The molecule has 14 heavy (non-hydrogen) atoms. The lowest BCUT2D eigenvalue weighted by molar-refractivity contribution is 0.192. The normalized spacial score (nSPS) is 15.5. The molecule has 0 bridgehead atoms. The highest BCUT2D eigenvalue weighted by atomic mass is 15.1. The van der Waals surface area contributed by atoms with E-state index in [2.05, 4.69) is 32.6 Å². The van der Waals surface area contributed by atoms with E-state index in [9.17, 15) is 0 Å². The average molecular weight is 199 g/mol. The molecule has 0 aromatic heterocycles. The van der Waals surface area contributed by atoms with Crippen LogP contribution >= 0.6 is 0 Å². The van der Waals surface area contributed by atoms with Crippen LogP contribution < -0.4 is 5.73 Å². The zero-order valence-electron chi connectivity index (χ0n) is 10.0. The minimum Gasteiger partial charge on any atom is -0.388 e. The zero-order chi connectivity index (χ0) is 11.1. The molecule has 3 N–H and O–H groups in total. The fourth-order valence-corrected chi connectivity index (χ4v) is 1.60. The van der Waals surface area contributed by atoms with Gasteiger partial charge in [0.15, 0.2) is 0 Å². The summed E-state index contributed by atoms with van der Waals surface area (Å²) in [6, 6.07) is 0.395. The maximum Gasteiger partial charge on any atom is 0.0920 e. The molecule has 0 aromatic carbocycles. The molecular formula is C11H25N3. The minimum absolute atomic E-state index is 0.292. The number of amidine groups is 1. The van der Waals surface area contributed by atoms with Gasteiger partial charge in [-0.1, -0.05) is 27.2 Å². The van der Waals surface area contributed by atoms with Crippen LogP contribution in [0.25, 0.3) is 0 Å². The number of rotatable bonds is 7. The number of nitrogens with two attached hydrogens (primary N) is 1. The summed E-state index contributed by atoms with van der Waals surface area (Å²) in [4.78, 5) is 2.40. The van der Waals surface area contributed by atoms with Gasteiger partial charge >= 0.3 is 0 Å². The van der Waals surface area contributed by atoms with Gasteiger partial charge in [0.1, 0.15) is 0 Å². The molecule has 3 nitrogen and oxygen atoms in total.